The molecule has 0 atom stereocenters. The third-order valence-corrected chi connectivity index (χ3v) is 5.43. The highest BCUT2D eigenvalue weighted by Gasteiger charge is 2.23. The lowest BCUT2D eigenvalue weighted by molar-refractivity contribution is 0.0983. The fraction of sp³-hybridized carbons (Fsp3) is 0.130. The van der Waals surface area contributed by atoms with Gasteiger partial charge in [-0.05, 0) is 42.5 Å². The largest absolute Gasteiger partial charge is 0.497 e. The Balaban J connectivity index is 1.72. The van der Waals surface area contributed by atoms with Crippen LogP contribution in [0.2, 0.25) is 0 Å². The summed E-state index contributed by atoms with van der Waals surface area (Å²) in [6.45, 7) is 0.281. The van der Waals surface area contributed by atoms with Gasteiger partial charge in [-0.1, -0.05) is 18.2 Å². The molecule has 0 aliphatic rings. The molecule has 1 amide bonds. The molecule has 0 aliphatic carbocycles. The van der Waals surface area contributed by atoms with Crippen molar-refractivity contribution in [3.8, 4) is 22.8 Å². The molecule has 0 saturated heterocycles. The van der Waals surface area contributed by atoms with Crippen LogP contribution in [0.1, 0.15) is 16.1 Å². The topological polar surface area (TPSA) is 64.8 Å². The number of thiazole rings is 1. The van der Waals surface area contributed by atoms with Crippen LogP contribution in [-0.2, 0) is 6.54 Å². The lowest BCUT2D eigenvalue weighted by atomic mass is 10.1. The number of anilines is 1. The Labute approximate surface area is 178 Å². The molecule has 2 heterocycles. The minimum Gasteiger partial charge on any atom is -0.497 e. The van der Waals surface area contributed by atoms with E-state index in [4.69, 9.17) is 18.9 Å². The number of hydrogen-bond donors (Lipinski definition) is 0. The highest BCUT2D eigenvalue weighted by molar-refractivity contribution is 7.14. The minimum atomic E-state index is -0.148. The number of rotatable bonds is 7. The normalized spacial score (nSPS) is 10.6. The van der Waals surface area contributed by atoms with Crippen molar-refractivity contribution in [2.24, 2.45) is 0 Å². The molecule has 4 aromatic rings. The van der Waals surface area contributed by atoms with Gasteiger partial charge in [-0.25, -0.2) is 4.98 Å². The van der Waals surface area contributed by atoms with Gasteiger partial charge in [0.1, 0.15) is 17.3 Å². The number of ether oxygens (including phenoxy) is 2. The predicted molar refractivity (Wildman–Crippen MR) is 116 cm³/mol. The molecule has 7 heteroatoms. The van der Waals surface area contributed by atoms with Crippen molar-refractivity contribution < 1.29 is 18.7 Å². The zero-order valence-electron chi connectivity index (χ0n) is 16.6. The van der Waals surface area contributed by atoms with E-state index in [1.807, 2.05) is 47.8 Å². The standard InChI is InChI=1S/C23H20N2O4S/c1-27-17-10-11-21(28-2)19(13-17)20-15-30-23(24-20)25(14-18-9-6-12-29-18)22(26)16-7-4-3-5-8-16/h3-13,15H,14H2,1-2H3. The molecular weight excluding hydrogens is 400 g/mol. The first-order chi connectivity index (χ1) is 14.7. The average Bonchev–Trinajstić information content (AvgIpc) is 3.49. The molecular formula is C23H20N2O4S. The fourth-order valence-corrected chi connectivity index (χ4v) is 3.87. The summed E-state index contributed by atoms with van der Waals surface area (Å²) < 4.78 is 16.3. The maximum absolute atomic E-state index is 13.2. The van der Waals surface area contributed by atoms with E-state index in [2.05, 4.69) is 0 Å². The third kappa shape index (κ3) is 4.06. The number of benzene rings is 2. The maximum Gasteiger partial charge on any atom is 0.260 e. The monoisotopic (exact) mass is 420 g/mol. The van der Waals surface area contributed by atoms with Crippen LogP contribution in [0.4, 0.5) is 5.13 Å². The molecule has 0 spiro atoms. The van der Waals surface area contributed by atoms with Gasteiger partial charge in [0.25, 0.3) is 5.91 Å². The molecule has 0 unspecified atom stereocenters. The summed E-state index contributed by atoms with van der Waals surface area (Å²) >= 11 is 1.39. The van der Waals surface area contributed by atoms with Crippen LogP contribution in [0.15, 0.2) is 76.7 Å². The van der Waals surface area contributed by atoms with E-state index in [1.54, 1.807) is 43.6 Å². The summed E-state index contributed by atoms with van der Waals surface area (Å²) in [6, 6.07) is 18.3. The van der Waals surface area contributed by atoms with Crippen molar-refractivity contribution in [1.29, 1.82) is 0 Å². The molecule has 0 radical (unpaired) electrons. The van der Waals surface area contributed by atoms with Gasteiger partial charge in [-0.2, -0.15) is 0 Å². The summed E-state index contributed by atoms with van der Waals surface area (Å²) in [7, 11) is 3.22. The van der Waals surface area contributed by atoms with E-state index in [1.165, 1.54) is 11.3 Å². The van der Waals surface area contributed by atoms with E-state index in [9.17, 15) is 4.79 Å². The van der Waals surface area contributed by atoms with E-state index >= 15 is 0 Å². The Morgan fingerprint density at radius 1 is 1.07 bits per heavy atom. The highest BCUT2D eigenvalue weighted by Crippen LogP contribution is 2.36. The quantitative estimate of drug-likeness (QED) is 0.408. The van der Waals surface area contributed by atoms with Crippen molar-refractivity contribution in [1.82, 2.24) is 4.98 Å². The molecule has 0 fully saturated rings. The second-order valence-corrected chi connectivity index (χ2v) is 7.25. The summed E-state index contributed by atoms with van der Waals surface area (Å²) in [5.74, 6) is 1.91. The van der Waals surface area contributed by atoms with E-state index in [-0.39, 0.29) is 12.5 Å². The molecule has 152 valence electrons. The third-order valence-electron chi connectivity index (χ3n) is 4.57. The maximum atomic E-state index is 13.2. The molecule has 0 aliphatic heterocycles. The first-order valence-corrected chi connectivity index (χ1v) is 10.1. The number of methoxy groups -OCH3 is 2. The second-order valence-electron chi connectivity index (χ2n) is 6.42. The van der Waals surface area contributed by atoms with Crippen LogP contribution in [0.5, 0.6) is 11.5 Å². The Hall–Kier alpha value is -3.58. The van der Waals surface area contributed by atoms with Gasteiger partial charge in [0.05, 0.1) is 32.7 Å². The average molecular weight is 420 g/mol. The van der Waals surface area contributed by atoms with Crippen LogP contribution in [0, 0.1) is 0 Å². The van der Waals surface area contributed by atoms with Crippen LogP contribution >= 0.6 is 11.3 Å². The van der Waals surface area contributed by atoms with Crippen LogP contribution in [0.3, 0.4) is 0 Å². The number of carbonyl (C=O) groups excluding carboxylic acids is 1. The van der Waals surface area contributed by atoms with Gasteiger partial charge in [-0.15, -0.1) is 11.3 Å². The summed E-state index contributed by atoms with van der Waals surface area (Å²) in [4.78, 5) is 19.6. The Morgan fingerprint density at radius 3 is 2.60 bits per heavy atom. The van der Waals surface area contributed by atoms with E-state index in [0.29, 0.717) is 33.6 Å². The van der Waals surface area contributed by atoms with Crippen LogP contribution in [-0.4, -0.2) is 25.1 Å². The van der Waals surface area contributed by atoms with Crippen molar-refractivity contribution in [2.45, 2.75) is 6.54 Å². The first-order valence-electron chi connectivity index (χ1n) is 9.27. The van der Waals surface area contributed by atoms with Crippen molar-refractivity contribution in [3.63, 3.8) is 0 Å². The van der Waals surface area contributed by atoms with Gasteiger partial charge >= 0.3 is 0 Å². The number of carbonyl (C=O) groups is 1. The number of amides is 1. The molecule has 0 bridgehead atoms. The summed E-state index contributed by atoms with van der Waals surface area (Å²) in [6.07, 6.45) is 1.59. The van der Waals surface area contributed by atoms with Gasteiger partial charge in [0, 0.05) is 16.5 Å². The number of furan rings is 1. The number of hydrogen-bond acceptors (Lipinski definition) is 6. The Morgan fingerprint density at radius 2 is 1.90 bits per heavy atom. The highest BCUT2D eigenvalue weighted by atomic mass is 32.1. The smallest absolute Gasteiger partial charge is 0.260 e. The lowest BCUT2D eigenvalue weighted by Gasteiger charge is -2.19. The minimum absolute atomic E-state index is 0.148. The zero-order valence-corrected chi connectivity index (χ0v) is 17.4. The molecule has 0 N–H and O–H groups in total. The number of aromatic nitrogens is 1. The van der Waals surface area contributed by atoms with Crippen molar-refractivity contribution in [2.75, 3.05) is 19.1 Å². The van der Waals surface area contributed by atoms with Crippen LogP contribution < -0.4 is 14.4 Å². The first kappa shape index (κ1) is 19.7. The SMILES string of the molecule is COc1ccc(OC)c(-c2csc(N(Cc3ccco3)C(=O)c3ccccc3)n2)c1. The van der Waals surface area contributed by atoms with E-state index in [0.717, 1.165) is 5.56 Å². The molecule has 2 aromatic carbocycles. The number of nitrogens with zero attached hydrogens (tertiary/aromatic N) is 2. The van der Waals surface area contributed by atoms with Crippen molar-refractivity contribution >= 4 is 22.4 Å². The van der Waals surface area contributed by atoms with Gasteiger partial charge < -0.3 is 13.9 Å². The van der Waals surface area contributed by atoms with E-state index < -0.39 is 0 Å². The second kappa shape index (κ2) is 8.84. The molecule has 6 nitrogen and oxygen atoms in total. The lowest BCUT2D eigenvalue weighted by Crippen LogP contribution is -2.30. The van der Waals surface area contributed by atoms with Gasteiger partial charge in [0.2, 0.25) is 0 Å². The van der Waals surface area contributed by atoms with Crippen molar-refractivity contribution in [3.05, 3.63) is 83.6 Å². The van der Waals surface area contributed by atoms with Gasteiger partial charge in [0.15, 0.2) is 5.13 Å². The van der Waals surface area contributed by atoms with Crippen LogP contribution in [0.25, 0.3) is 11.3 Å². The summed E-state index contributed by atoms with van der Waals surface area (Å²) in [5.41, 5.74) is 2.08. The predicted octanol–water partition coefficient (Wildman–Crippen LogP) is 5.27. The molecule has 30 heavy (non-hydrogen) atoms. The Bertz CT molecular complexity index is 1120. The molecule has 2 aromatic heterocycles. The van der Waals surface area contributed by atoms with Gasteiger partial charge in [-0.3, -0.25) is 9.69 Å². The fourth-order valence-electron chi connectivity index (χ4n) is 3.05. The molecule has 0 saturated carbocycles. The summed E-state index contributed by atoms with van der Waals surface area (Å²) in [5, 5.41) is 2.47. The zero-order chi connectivity index (χ0) is 20.9. The molecule has 4 rings (SSSR count). The Kier molecular flexibility index (Phi) is 5.81.